The van der Waals surface area contributed by atoms with E-state index in [9.17, 15) is 25.3 Å². The molecule has 0 heterocycles. The summed E-state index contributed by atoms with van der Waals surface area (Å²) in [5.74, 6) is 0. The Bertz CT molecular complexity index is 1080. The van der Waals surface area contributed by atoms with Gasteiger partial charge in [-0.2, -0.15) is 25.3 Å². The van der Waals surface area contributed by atoms with Gasteiger partial charge in [-0.05, 0) is 29.7 Å². The molecular formula is C10H9NaO9S3. The first-order valence-corrected chi connectivity index (χ1v) is 9.62. The zero-order valence-corrected chi connectivity index (χ0v) is 12.9. The summed E-state index contributed by atoms with van der Waals surface area (Å²) >= 11 is 0. The molecule has 0 aliphatic heterocycles. The van der Waals surface area contributed by atoms with Crippen LogP contribution in [-0.4, -0.2) is 68.5 Å². The topological polar surface area (TPSA) is 163 Å². The van der Waals surface area contributed by atoms with Gasteiger partial charge in [0.25, 0.3) is 30.4 Å². The van der Waals surface area contributed by atoms with E-state index in [1.807, 2.05) is 0 Å². The fourth-order valence-corrected chi connectivity index (χ4v) is 3.68. The Morgan fingerprint density at radius 1 is 0.652 bits per heavy atom. The van der Waals surface area contributed by atoms with E-state index in [0.717, 1.165) is 24.3 Å². The standard InChI is InChI=1S/C10H8O9S3.Na.H/c11-20(12,13)7-1-2-9-6(3-7)4-8(21(14,15)16)5-10(9)22(17,18)19;;/h1-5H,(H,11,12,13)(H,14,15,16)(H,17,18,19);;. The molecule has 23 heavy (non-hydrogen) atoms. The zero-order valence-electron chi connectivity index (χ0n) is 10.4. The summed E-state index contributed by atoms with van der Waals surface area (Å²) in [4.78, 5) is -2.31. The van der Waals surface area contributed by atoms with Crippen LogP contribution < -0.4 is 0 Å². The van der Waals surface area contributed by atoms with Gasteiger partial charge in [-0.3, -0.25) is 13.7 Å². The van der Waals surface area contributed by atoms with Gasteiger partial charge in [-0.1, -0.05) is 6.07 Å². The van der Waals surface area contributed by atoms with Gasteiger partial charge in [0.15, 0.2) is 0 Å². The first-order valence-electron chi connectivity index (χ1n) is 5.30. The molecule has 2 rings (SSSR count). The van der Waals surface area contributed by atoms with E-state index in [4.69, 9.17) is 13.7 Å². The fraction of sp³-hybridized carbons (Fsp3) is 0. The van der Waals surface area contributed by atoms with Crippen LogP contribution in [0, 0.1) is 0 Å². The summed E-state index contributed by atoms with van der Waals surface area (Å²) in [6.07, 6.45) is 0. The quantitative estimate of drug-likeness (QED) is 0.479. The predicted molar refractivity (Wildman–Crippen MR) is 80.5 cm³/mol. The Labute approximate surface area is 153 Å². The first-order chi connectivity index (χ1) is 9.80. The molecule has 0 unspecified atom stereocenters. The van der Waals surface area contributed by atoms with E-state index in [2.05, 4.69) is 0 Å². The molecule has 0 aromatic heterocycles. The van der Waals surface area contributed by atoms with Gasteiger partial charge in [0.05, 0.1) is 9.79 Å². The van der Waals surface area contributed by atoms with Crippen LogP contribution >= 0.6 is 0 Å². The van der Waals surface area contributed by atoms with Gasteiger partial charge in [0.1, 0.15) is 4.90 Å². The molecule has 0 spiro atoms. The second-order valence-corrected chi connectivity index (χ2v) is 8.46. The van der Waals surface area contributed by atoms with Gasteiger partial charge in [0, 0.05) is 5.39 Å². The third kappa shape index (κ3) is 4.49. The van der Waals surface area contributed by atoms with Crippen molar-refractivity contribution in [2.75, 3.05) is 0 Å². The average molecular weight is 392 g/mol. The number of benzene rings is 2. The third-order valence-electron chi connectivity index (χ3n) is 2.73. The van der Waals surface area contributed by atoms with Crippen molar-refractivity contribution in [1.82, 2.24) is 0 Å². The van der Waals surface area contributed by atoms with Crippen LogP contribution in [0.15, 0.2) is 45.0 Å². The fourth-order valence-electron chi connectivity index (χ4n) is 1.81. The van der Waals surface area contributed by atoms with E-state index in [1.165, 1.54) is 0 Å². The van der Waals surface area contributed by atoms with Crippen LogP contribution in [0.3, 0.4) is 0 Å². The van der Waals surface area contributed by atoms with Gasteiger partial charge in [-0.15, -0.1) is 0 Å². The van der Waals surface area contributed by atoms with Crippen molar-refractivity contribution in [3.8, 4) is 0 Å². The van der Waals surface area contributed by atoms with E-state index in [0.29, 0.717) is 6.07 Å². The number of fused-ring (bicyclic) bond motifs is 1. The van der Waals surface area contributed by atoms with E-state index in [-0.39, 0.29) is 40.3 Å². The Hall–Kier alpha value is -0.570. The van der Waals surface area contributed by atoms with E-state index in [1.54, 1.807) is 0 Å². The maximum absolute atomic E-state index is 11.3. The maximum atomic E-state index is 11.3. The van der Waals surface area contributed by atoms with Gasteiger partial charge < -0.3 is 0 Å². The minimum absolute atomic E-state index is 0. The molecular weight excluding hydrogens is 383 g/mol. The average Bonchev–Trinajstić information content (AvgIpc) is 2.33. The van der Waals surface area contributed by atoms with Crippen molar-refractivity contribution in [2.45, 2.75) is 14.7 Å². The summed E-state index contributed by atoms with van der Waals surface area (Å²) in [5.41, 5.74) is 0. The van der Waals surface area contributed by atoms with Crippen molar-refractivity contribution >= 4 is 70.7 Å². The summed E-state index contributed by atoms with van der Waals surface area (Å²) < 4.78 is 94.1. The van der Waals surface area contributed by atoms with Crippen LogP contribution in [0.25, 0.3) is 10.8 Å². The molecule has 0 saturated carbocycles. The molecule has 0 saturated heterocycles. The Kier molecular flexibility index (Phi) is 5.68. The monoisotopic (exact) mass is 392 g/mol. The molecule has 9 nitrogen and oxygen atoms in total. The van der Waals surface area contributed by atoms with Crippen molar-refractivity contribution in [2.24, 2.45) is 0 Å². The van der Waals surface area contributed by atoms with E-state index < -0.39 is 45.0 Å². The van der Waals surface area contributed by atoms with Crippen LogP contribution in [0.4, 0.5) is 0 Å². The first kappa shape index (κ1) is 20.5. The number of hydrogen-bond donors (Lipinski definition) is 3. The summed E-state index contributed by atoms with van der Waals surface area (Å²) in [6.45, 7) is 0. The molecule has 3 N–H and O–H groups in total. The molecule has 2 aromatic carbocycles. The van der Waals surface area contributed by atoms with Crippen LogP contribution in [0.1, 0.15) is 0 Å². The molecule has 0 aliphatic carbocycles. The molecule has 13 heteroatoms. The van der Waals surface area contributed by atoms with Crippen molar-refractivity contribution < 1.29 is 38.9 Å². The molecule has 0 fully saturated rings. The normalized spacial score (nSPS) is 12.8. The third-order valence-corrected chi connectivity index (χ3v) is 5.31. The molecule has 0 radical (unpaired) electrons. The summed E-state index contributed by atoms with van der Waals surface area (Å²) in [7, 11) is -14.3. The molecule has 0 atom stereocenters. The second-order valence-electron chi connectivity index (χ2n) is 4.23. The molecule has 2 aromatic rings. The van der Waals surface area contributed by atoms with E-state index >= 15 is 0 Å². The number of rotatable bonds is 3. The predicted octanol–water partition coefficient (Wildman–Crippen LogP) is -0.0686. The molecule has 0 bridgehead atoms. The summed E-state index contributed by atoms with van der Waals surface area (Å²) in [6, 6.07) is 3.97. The Morgan fingerprint density at radius 2 is 1.13 bits per heavy atom. The second kappa shape index (κ2) is 6.38. The van der Waals surface area contributed by atoms with Crippen molar-refractivity contribution in [3.05, 3.63) is 30.3 Å². The zero-order chi connectivity index (χ0) is 16.9. The van der Waals surface area contributed by atoms with Crippen LogP contribution in [0.5, 0.6) is 0 Å². The minimum atomic E-state index is -4.85. The molecule has 0 amide bonds. The van der Waals surface area contributed by atoms with Gasteiger partial charge >= 0.3 is 29.6 Å². The number of hydrogen-bond acceptors (Lipinski definition) is 6. The van der Waals surface area contributed by atoms with Gasteiger partial charge in [-0.25, -0.2) is 0 Å². The molecule has 122 valence electrons. The van der Waals surface area contributed by atoms with Crippen LogP contribution in [-0.2, 0) is 30.4 Å². The van der Waals surface area contributed by atoms with Crippen molar-refractivity contribution in [3.63, 3.8) is 0 Å². The molecule has 0 aliphatic rings. The van der Waals surface area contributed by atoms with Crippen molar-refractivity contribution in [1.29, 1.82) is 0 Å². The Balaban J connectivity index is 0.00000264. The van der Waals surface area contributed by atoms with Crippen LogP contribution in [0.2, 0.25) is 0 Å². The Morgan fingerprint density at radius 3 is 1.57 bits per heavy atom. The summed E-state index contributed by atoms with van der Waals surface area (Å²) in [5, 5.41) is -0.430. The SMILES string of the molecule is O=S(=O)(O)c1ccc2c(S(=O)(=O)O)cc(S(=O)(=O)O)cc2c1.[NaH]. The van der Waals surface area contributed by atoms with Gasteiger partial charge in [0.2, 0.25) is 0 Å².